The van der Waals surface area contributed by atoms with Gasteiger partial charge in [-0.25, -0.2) is 8.60 Å². The average molecular weight is 284 g/mol. The molecule has 1 aromatic rings. The first-order valence-electron chi connectivity index (χ1n) is 5.61. The molecule has 0 fully saturated rings. The van der Waals surface area contributed by atoms with Crippen LogP contribution in [0.4, 0.5) is 4.39 Å². The highest BCUT2D eigenvalue weighted by Crippen LogP contribution is 2.31. The SMILES string of the molecule is CC1(C)OC(c2ccc(CS(=O)O)c(F)c2)=CC1=O. The molecule has 1 atom stereocenters. The molecule has 1 aliphatic rings. The van der Waals surface area contributed by atoms with E-state index >= 15 is 0 Å². The minimum Gasteiger partial charge on any atom is -0.479 e. The summed E-state index contributed by atoms with van der Waals surface area (Å²) in [5.74, 6) is -0.730. The van der Waals surface area contributed by atoms with Crippen molar-refractivity contribution in [3.8, 4) is 0 Å². The van der Waals surface area contributed by atoms with E-state index in [1.165, 1.54) is 18.2 Å². The van der Waals surface area contributed by atoms with E-state index in [9.17, 15) is 13.4 Å². The van der Waals surface area contributed by atoms with Crippen molar-refractivity contribution in [3.63, 3.8) is 0 Å². The van der Waals surface area contributed by atoms with Gasteiger partial charge in [0.1, 0.15) is 11.6 Å². The summed E-state index contributed by atoms with van der Waals surface area (Å²) in [4.78, 5) is 11.6. The van der Waals surface area contributed by atoms with E-state index in [1.54, 1.807) is 19.9 Å². The number of halogens is 1. The van der Waals surface area contributed by atoms with E-state index in [2.05, 4.69) is 0 Å². The Kier molecular flexibility index (Phi) is 3.56. The maximum absolute atomic E-state index is 13.7. The van der Waals surface area contributed by atoms with Gasteiger partial charge in [0.25, 0.3) is 0 Å². The summed E-state index contributed by atoms with van der Waals surface area (Å²) in [5.41, 5.74) is -0.352. The lowest BCUT2D eigenvalue weighted by molar-refractivity contribution is -0.125. The van der Waals surface area contributed by atoms with Crippen molar-refractivity contribution in [3.05, 3.63) is 41.2 Å². The topological polar surface area (TPSA) is 63.6 Å². The Labute approximate surface area is 112 Å². The van der Waals surface area contributed by atoms with Gasteiger partial charge < -0.3 is 9.29 Å². The van der Waals surface area contributed by atoms with Gasteiger partial charge in [-0.3, -0.25) is 4.79 Å². The fourth-order valence-electron chi connectivity index (χ4n) is 1.74. The van der Waals surface area contributed by atoms with E-state index in [1.807, 2.05) is 0 Å². The quantitative estimate of drug-likeness (QED) is 0.865. The molecule has 1 heterocycles. The highest BCUT2D eigenvalue weighted by molar-refractivity contribution is 7.78. The molecule has 1 unspecified atom stereocenters. The Morgan fingerprint density at radius 2 is 2.11 bits per heavy atom. The molecule has 1 N–H and O–H groups in total. The van der Waals surface area contributed by atoms with E-state index in [-0.39, 0.29) is 17.1 Å². The fourth-order valence-corrected chi connectivity index (χ4v) is 2.24. The summed E-state index contributed by atoms with van der Waals surface area (Å²) >= 11 is -2.09. The number of carbonyl (C=O) groups is 1. The summed E-state index contributed by atoms with van der Waals surface area (Å²) in [5, 5.41) is 0. The number of hydrogen-bond donors (Lipinski definition) is 1. The van der Waals surface area contributed by atoms with Crippen molar-refractivity contribution >= 4 is 22.6 Å². The first kappa shape index (κ1) is 13.9. The normalized spacial score (nSPS) is 18.9. The number of benzene rings is 1. The molecule has 4 nitrogen and oxygen atoms in total. The van der Waals surface area contributed by atoms with Crippen LogP contribution < -0.4 is 0 Å². The van der Waals surface area contributed by atoms with Crippen LogP contribution in [0.15, 0.2) is 24.3 Å². The zero-order valence-electron chi connectivity index (χ0n) is 10.5. The molecule has 0 radical (unpaired) electrons. The van der Waals surface area contributed by atoms with Crippen LogP contribution in [0, 0.1) is 5.82 Å². The predicted molar refractivity (Wildman–Crippen MR) is 69.0 cm³/mol. The van der Waals surface area contributed by atoms with Crippen molar-refractivity contribution in [2.24, 2.45) is 0 Å². The highest BCUT2D eigenvalue weighted by Gasteiger charge is 2.35. The number of carbonyl (C=O) groups excluding carboxylic acids is 1. The second-order valence-electron chi connectivity index (χ2n) is 4.76. The standard InChI is InChI=1S/C13H13FO4S/c1-13(2)12(15)6-11(18-13)8-3-4-9(7-19(16)17)10(14)5-8/h3-6H,7H2,1-2H3,(H,16,17). The van der Waals surface area contributed by atoms with Gasteiger partial charge in [0.2, 0.25) is 5.78 Å². The molecule has 102 valence electrons. The molecule has 0 bridgehead atoms. The first-order valence-corrected chi connectivity index (χ1v) is 6.88. The van der Waals surface area contributed by atoms with Crippen LogP contribution in [-0.4, -0.2) is 20.1 Å². The Balaban J connectivity index is 2.29. The van der Waals surface area contributed by atoms with Gasteiger partial charge in [0, 0.05) is 17.2 Å². The van der Waals surface area contributed by atoms with Crippen LogP contribution in [0.3, 0.4) is 0 Å². The Bertz CT molecular complexity index is 592. The molecule has 0 amide bonds. The summed E-state index contributed by atoms with van der Waals surface area (Å²) in [6, 6.07) is 4.17. The zero-order valence-corrected chi connectivity index (χ0v) is 11.3. The Hall–Kier alpha value is -1.53. The van der Waals surface area contributed by atoms with Crippen molar-refractivity contribution in [2.45, 2.75) is 25.2 Å². The van der Waals surface area contributed by atoms with Gasteiger partial charge >= 0.3 is 0 Å². The molecule has 1 aromatic carbocycles. The lowest BCUT2D eigenvalue weighted by Crippen LogP contribution is -2.27. The minimum atomic E-state index is -2.09. The van der Waals surface area contributed by atoms with Crippen LogP contribution >= 0.6 is 0 Å². The van der Waals surface area contributed by atoms with Crippen molar-refractivity contribution in [1.82, 2.24) is 0 Å². The van der Waals surface area contributed by atoms with Gasteiger partial charge in [0.05, 0.1) is 5.75 Å². The molecule has 19 heavy (non-hydrogen) atoms. The van der Waals surface area contributed by atoms with Gasteiger partial charge in [-0.15, -0.1) is 0 Å². The third-order valence-corrected chi connectivity index (χ3v) is 3.40. The summed E-state index contributed by atoms with van der Waals surface area (Å²) in [6.07, 6.45) is 1.33. The molecule has 0 aromatic heterocycles. The molecule has 0 spiro atoms. The fraction of sp³-hybridized carbons (Fsp3) is 0.308. The smallest absolute Gasteiger partial charge is 0.202 e. The van der Waals surface area contributed by atoms with Crippen LogP contribution in [0.25, 0.3) is 5.76 Å². The molecule has 6 heteroatoms. The van der Waals surface area contributed by atoms with E-state index in [4.69, 9.17) is 9.29 Å². The van der Waals surface area contributed by atoms with Crippen molar-refractivity contribution < 1.29 is 22.7 Å². The van der Waals surface area contributed by atoms with Crippen LogP contribution in [-0.2, 0) is 26.4 Å². The highest BCUT2D eigenvalue weighted by atomic mass is 32.2. The Morgan fingerprint density at radius 1 is 1.42 bits per heavy atom. The second kappa shape index (κ2) is 4.86. The summed E-state index contributed by atoms with van der Waals surface area (Å²) < 4.78 is 38.6. The van der Waals surface area contributed by atoms with Crippen LogP contribution in [0.5, 0.6) is 0 Å². The third kappa shape index (κ3) is 2.90. The number of ether oxygens (including phenoxy) is 1. The second-order valence-corrected chi connectivity index (χ2v) is 5.69. The molecule has 0 aliphatic carbocycles. The maximum Gasteiger partial charge on any atom is 0.202 e. The van der Waals surface area contributed by atoms with Gasteiger partial charge in [-0.1, -0.05) is 12.1 Å². The van der Waals surface area contributed by atoms with Crippen LogP contribution in [0.1, 0.15) is 25.0 Å². The lowest BCUT2D eigenvalue weighted by Gasteiger charge is -2.18. The molecular formula is C13H13FO4S. The maximum atomic E-state index is 13.7. The largest absolute Gasteiger partial charge is 0.479 e. The number of rotatable bonds is 3. The molecule has 2 rings (SSSR count). The predicted octanol–water partition coefficient (Wildman–Crippen LogP) is 2.27. The molecule has 0 saturated carbocycles. The van der Waals surface area contributed by atoms with Gasteiger partial charge in [-0.2, -0.15) is 0 Å². The van der Waals surface area contributed by atoms with Gasteiger partial charge in [0.15, 0.2) is 16.7 Å². The zero-order chi connectivity index (χ0) is 14.2. The lowest BCUT2D eigenvalue weighted by atomic mass is 10.1. The van der Waals surface area contributed by atoms with E-state index in [0.29, 0.717) is 11.3 Å². The molecule has 0 saturated heterocycles. The van der Waals surface area contributed by atoms with E-state index in [0.717, 1.165) is 0 Å². The minimum absolute atomic E-state index is 0.147. The summed E-state index contributed by atoms with van der Waals surface area (Å²) in [7, 11) is 0. The summed E-state index contributed by atoms with van der Waals surface area (Å²) in [6.45, 7) is 3.27. The van der Waals surface area contributed by atoms with Crippen LogP contribution in [0.2, 0.25) is 0 Å². The number of ketones is 1. The average Bonchev–Trinajstić information content (AvgIpc) is 2.56. The molecular weight excluding hydrogens is 271 g/mol. The van der Waals surface area contributed by atoms with Crippen molar-refractivity contribution in [1.29, 1.82) is 0 Å². The molecule has 1 aliphatic heterocycles. The number of hydrogen-bond acceptors (Lipinski definition) is 3. The monoisotopic (exact) mass is 284 g/mol. The Morgan fingerprint density at radius 3 is 2.58 bits per heavy atom. The van der Waals surface area contributed by atoms with E-state index < -0.39 is 22.5 Å². The first-order chi connectivity index (χ1) is 8.79. The van der Waals surface area contributed by atoms with Gasteiger partial charge in [-0.05, 0) is 19.9 Å². The van der Waals surface area contributed by atoms with Crippen molar-refractivity contribution in [2.75, 3.05) is 0 Å². The third-order valence-electron chi connectivity index (χ3n) is 2.84.